The lowest BCUT2D eigenvalue weighted by molar-refractivity contribution is -0.116. The molecule has 0 atom stereocenters. The second-order valence-electron chi connectivity index (χ2n) is 7.87. The summed E-state index contributed by atoms with van der Waals surface area (Å²) in [6.07, 6.45) is 0.654. The van der Waals surface area contributed by atoms with Crippen LogP contribution in [0.15, 0.2) is 39.9 Å². The second-order valence-corrected chi connectivity index (χ2v) is 8.96. The molecule has 0 bridgehead atoms. The zero-order valence-electron chi connectivity index (χ0n) is 16.7. The van der Waals surface area contributed by atoms with Gasteiger partial charge >= 0.3 is 5.69 Å². The van der Waals surface area contributed by atoms with E-state index >= 15 is 0 Å². The highest BCUT2D eigenvalue weighted by molar-refractivity contribution is 7.18. The molecule has 4 rings (SSSR count). The van der Waals surface area contributed by atoms with Crippen molar-refractivity contribution in [3.8, 4) is 0 Å². The van der Waals surface area contributed by atoms with E-state index in [0.29, 0.717) is 28.9 Å². The maximum atomic E-state index is 13.2. The summed E-state index contributed by atoms with van der Waals surface area (Å²) in [6, 6.07) is 9.10. The number of rotatable bonds is 4. The third kappa shape index (κ3) is 3.65. The van der Waals surface area contributed by atoms with Gasteiger partial charge in [-0.3, -0.25) is 18.7 Å². The van der Waals surface area contributed by atoms with Crippen LogP contribution in [0.1, 0.15) is 30.7 Å². The third-order valence-electron chi connectivity index (χ3n) is 5.17. The summed E-state index contributed by atoms with van der Waals surface area (Å²) in [5.74, 6) is -0.243. The van der Waals surface area contributed by atoms with Crippen molar-refractivity contribution in [3.05, 3.63) is 61.6 Å². The number of aromatic nitrogens is 2. The van der Waals surface area contributed by atoms with Crippen molar-refractivity contribution in [2.45, 2.75) is 45.4 Å². The van der Waals surface area contributed by atoms with Crippen LogP contribution in [0, 0.1) is 0 Å². The van der Waals surface area contributed by atoms with E-state index in [1.165, 1.54) is 20.5 Å². The predicted molar refractivity (Wildman–Crippen MR) is 114 cm³/mol. The smallest absolute Gasteiger partial charge is 0.331 e. The molecule has 0 saturated heterocycles. The average Bonchev–Trinajstić information content (AvgIpc) is 3.04. The number of anilines is 1. The lowest BCUT2D eigenvalue weighted by Gasteiger charge is -2.29. The van der Waals surface area contributed by atoms with E-state index in [4.69, 9.17) is 4.74 Å². The molecule has 152 valence electrons. The monoisotopic (exact) mass is 413 g/mol. The van der Waals surface area contributed by atoms with Gasteiger partial charge in [-0.05, 0) is 31.5 Å². The highest BCUT2D eigenvalue weighted by Gasteiger charge is 2.31. The van der Waals surface area contributed by atoms with Crippen molar-refractivity contribution >= 4 is 33.1 Å². The van der Waals surface area contributed by atoms with Crippen molar-refractivity contribution in [1.82, 2.24) is 9.13 Å². The van der Waals surface area contributed by atoms with Crippen LogP contribution >= 0.6 is 11.3 Å². The minimum absolute atomic E-state index is 0.0324. The molecule has 2 aromatic heterocycles. The molecule has 0 fully saturated rings. The van der Waals surface area contributed by atoms with E-state index in [0.717, 1.165) is 10.4 Å². The molecule has 1 N–H and O–H groups in total. The number of para-hydroxylation sites is 1. The van der Waals surface area contributed by atoms with E-state index in [1.54, 1.807) is 19.2 Å². The summed E-state index contributed by atoms with van der Waals surface area (Å²) in [7, 11) is 1.67. The number of hydrogen-bond acceptors (Lipinski definition) is 5. The van der Waals surface area contributed by atoms with Gasteiger partial charge in [-0.25, -0.2) is 4.79 Å². The van der Waals surface area contributed by atoms with Gasteiger partial charge in [0.2, 0.25) is 5.91 Å². The fourth-order valence-electron chi connectivity index (χ4n) is 3.64. The molecular weight excluding hydrogens is 390 g/mol. The Labute approximate surface area is 171 Å². The van der Waals surface area contributed by atoms with Gasteiger partial charge in [0.1, 0.15) is 4.83 Å². The minimum Gasteiger partial charge on any atom is -0.370 e. The molecule has 7 nitrogen and oxygen atoms in total. The number of nitrogens with zero attached hydrogens (tertiary/aromatic N) is 2. The Morgan fingerprint density at radius 3 is 2.69 bits per heavy atom. The molecule has 3 aromatic rings. The number of ether oxygens (including phenoxy) is 1. The molecule has 3 heterocycles. The first-order valence-corrected chi connectivity index (χ1v) is 10.3. The van der Waals surface area contributed by atoms with E-state index in [1.807, 2.05) is 32.0 Å². The number of benzene rings is 1. The SMILES string of the molecule is Cn1c(=O)n(CCC(=O)Nc2ccccc2)c(=O)c2c3c(sc21)COC(C)(C)C3. The maximum Gasteiger partial charge on any atom is 0.331 e. The Kier molecular flexibility index (Phi) is 4.92. The lowest BCUT2D eigenvalue weighted by atomic mass is 9.94. The molecule has 0 aliphatic carbocycles. The fraction of sp³-hybridized carbons (Fsp3) is 0.381. The van der Waals surface area contributed by atoms with E-state index in [2.05, 4.69) is 5.32 Å². The highest BCUT2D eigenvalue weighted by Crippen LogP contribution is 2.36. The number of fused-ring (bicyclic) bond motifs is 3. The Hall–Kier alpha value is -2.71. The number of carbonyl (C=O) groups is 1. The molecular formula is C21H23N3O4S. The molecule has 1 aliphatic rings. The molecule has 29 heavy (non-hydrogen) atoms. The Bertz CT molecular complexity index is 1200. The molecule has 8 heteroatoms. The molecule has 1 amide bonds. The molecule has 1 aliphatic heterocycles. The van der Waals surface area contributed by atoms with E-state index in [-0.39, 0.29) is 30.0 Å². The van der Waals surface area contributed by atoms with Crippen LogP contribution in [0.4, 0.5) is 5.69 Å². The van der Waals surface area contributed by atoms with Crippen LogP contribution in [-0.2, 0) is 36.2 Å². The minimum atomic E-state index is -0.409. The number of aryl methyl sites for hydroxylation is 1. The summed E-state index contributed by atoms with van der Waals surface area (Å²) in [4.78, 5) is 39.9. The van der Waals surface area contributed by atoms with Crippen molar-refractivity contribution in [1.29, 1.82) is 0 Å². The van der Waals surface area contributed by atoms with E-state index < -0.39 is 5.69 Å². The molecule has 1 aromatic carbocycles. The Morgan fingerprint density at radius 2 is 1.97 bits per heavy atom. The summed E-state index contributed by atoms with van der Waals surface area (Å²) < 4.78 is 8.53. The highest BCUT2D eigenvalue weighted by atomic mass is 32.1. The maximum absolute atomic E-state index is 13.2. The number of thiophene rings is 1. The van der Waals surface area contributed by atoms with Crippen LogP contribution in [0.25, 0.3) is 10.2 Å². The van der Waals surface area contributed by atoms with Crippen molar-refractivity contribution in [2.24, 2.45) is 7.05 Å². The second kappa shape index (κ2) is 7.27. The van der Waals surface area contributed by atoms with Gasteiger partial charge in [-0.2, -0.15) is 0 Å². The van der Waals surface area contributed by atoms with Crippen molar-refractivity contribution in [3.63, 3.8) is 0 Å². The Balaban J connectivity index is 1.67. The van der Waals surface area contributed by atoms with Crippen molar-refractivity contribution in [2.75, 3.05) is 5.32 Å². The Morgan fingerprint density at radius 1 is 1.24 bits per heavy atom. The average molecular weight is 413 g/mol. The number of nitrogens with one attached hydrogen (secondary N) is 1. The van der Waals surface area contributed by atoms with E-state index in [9.17, 15) is 14.4 Å². The van der Waals surface area contributed by atoms with Crippen LogP contribution in [0.2, 0.25) is 0 Å². The molecule has 0 unspecified atom stereocenters. The van der Waals surface area contributed by atoms with Gasteiger partial charge < -0.3 is 10.1 Å². The van der Waals surface area contributed by atoms with Gasteiger partial charge in [0, 0.05) is 37.0 Å². The molecule has 0 radical (unpaired) electrons. The zero-order chi connectivity index (χ0) is 20.8. The number of hydrogen-bond donors (Lipinski definition) is 1. The largest absolute Gasteiger partial charge is 0.370 e. The van der Waals surface area contributed by atoms with Crippen LogP contribution < -0.4 is 16.6 Å². The van der Waals surface area contributed by atoms with Gasteiger partial charge in [-0.15, -0.1) is 11.3 Å². The van der Waals surface area contributed by atoms with Crippen LogP contribution in [-0.4, -0.2) is 20.6 Å². The topological polar surface area (TPSA) is 82.3 Å². The van der Waals surface area contributed by atoms with Gasteiger partial charge in [0.05, 0.1) is 17.6 Å². The summed E-state index contributed by atoms with van der Waals surface area (Å²) >= 11 is 1.44. The van der Waals surface area contributed by atoms with Crippen LogP contribution in [0.3, 0.4) is 0 Å². The summed E-state index contributed by atoms with van der Waals surface area (Å²) in [5.41, 5.74) is 0.550. The first kappa shape index (κ1) is 19.6. The normalized spacial score (nSPS) is 15.3. The van der Waals surface area contributed by atoms with Crippen LogP contribution in [0.5, 0.6) is 0 Å². The van der Waals surface area contributed by atoms with Gasteiger partial charge in [0.15, 0.2) is 0 Å². The number of amides is 1. The first-order chi connectivity index (χ1) is 13.8. The fourth-order valence-corrected chi connectivity index (χ4v) is 4.82. The lowest BCUT2D eigenvalue weighted by Crippen LogP contribution is -2.40. The molecule has 0 spiro atoms. The standard InChI is InChI=1S/C21H23N3O4S/c1-21(2)11-14-15(12-28-21)29-19-17(14)18(26)24(20(27)23(19)3)10-9-16(25)22-13-7-5-4-6-8-13/h4-8H,9-12H2,1-3H3,(H,22,25). The van der Waals surface area contributed by atoms with Gasteiger partial charge in [-0.1, -0.05) is 18.2 Å². The van der Waals surface area contributed by atoms with Crippen molar-refractivity contribution < 1.29 is 9.53 Å². The van der Waals surface area contributed by atoms with Gasteiger partial charge in [0.25, 0.3) is 5.56 Å². The third-order valence-corrected chi connectivity index (χ3v) is 6.45. The quantitative estimate of drug-likeness (QED) is 0.713. The first-order valence-electron chi connectivity index (χ1n) is 9.50. The summed E-state index contributed by atoms with van der Waals surface area (Å²) in [5, 5.41) is 3.36. The number of carbonyl (C=O) groups excluding carboxylic acids is 1. The predicted octanol–water partition coefficient (Wildman–Crippen LogP) is 2.64. The summed E-state index contributed by atoms with van der Waals surface area (Å²) in [6.45, 7) is 4.46. The molecule has 0 saturated carbocycles. The zero-order valence-corrected chi connectivity index (χ0v) is 17.5.